The number of nitrogens with two attached hydrogens (primary N) is 1. The SMILES string of the molecule is CC(=O)[C@H](C)CC(=O)[C@H](C)NC(=O)[C@@H](N)CCCCCCC[C@]1(O)O[C@H](CO)[C@@H](O)[C@H](O)[C@H]1O. The Bertz CT molecular complexity index is 675. The fourth-order valence-electron chi connectivity index (χ4n) is 3.85. The minimum atomic E-state index is -2.05. The van der Waals surface area contributed by atoms with E-state index in [-0.39, 0.29) is 30.3 Å². The molecule has 8 atom stereocenters. The first-order valence-electron chi connectivity index (χ1n) is 12.0. The zero-order chi connectivity index (χ0) is 26.1. The largest absolute Gasteiger partial charge is 0.394 e. The number of rotatable bonds is 15. The predicted octanol–water partition coefficient (Wildman–Crippen LogP) is -1.10. The van der Waals surface area contributed by atoms with Gasteiger partial charge in [-0.25, -0.2) is 0 Å². The van der Waals surface area contributed by atoms with Crippen LogP contribution in [0, 0.1) is 5.92 Å². The van der Waals surface area contributed by atoms with Gasteiger partial charge in [0.25, 0.3) is 0 Å². The molecule has 0 bridgehead atoms. The van der Waals surface area contributed by atoms with E-state index < -0.39 is 54.8 Å². The van der Waals surface area contributed by atoms with Crippen molar-refractivity contribution in [3.8, 4) is 0 Å². The standard InChI is InChI=1S/C23H42N2O9/c1-13(15(3)27)11-17(28)14(2)25-22(32)16(24)9-7-5-4-6-8-10-23(33)21(31)20(30)19(29)18(12-26)34-23/h13-14,16,18-21,26,29-31,33H,4-12,24H2,1-3H3,(H,25,32)/t13-,14+,16+,18-,19-,20+,21-,23+/m1/s1. The number of carbonyl (C=O) groups excluding carboxylic acids is 3. The van der Waals surface area contributed by atoms with Crippen LogP contribution in [0.15, 0.2) is 0 Å². The number of aliphatic hydroxyl groups excluding tert-OH is 4. The van der Waals surface area contributed by atoms with E-state index in [9.17, 15) is 39.9 Å². The molecule has 0 aliphatic carbocycles. The van der Waals surface area contributed by atoms with Gasteiger partial charge < -0.3 is 41.3 Å². The summed E-state index contributed by atoms with van der Waals surface area (Å²) in [6.45, 7) is 4.06. The van der Waals surface area contributed by atoms with Crippen molar-refractivity contribution < 1.29 is 44.7 Å². The van der Waals surface area contributed by atoms with E-state index in [2.05, 4.69) is 5.32 Å². The zero-order valence-corrected chi connectivity index (χ0v) is 20.4. The van der Waals surface area contributed by atoms with E-state index in [1.165, 1.54) is 6.92 Å². The Labute approximate surface area is 200 Å². The molecule has 0 spiro atoms. The normalized spacial score (nSPS) is 29.8. The van der Waals surface area contributed by atoms with Gasteiger partial charge in [0.15, 0.2) is 11.6 Å². The summed E-state index contributed by atoms with van der Waals surface area (Å²) < 4.78 is 5.23. The average molecular weight is 491 g/mol. The highest BCUT2D eigenvalue weighted by Crippen LogP contribution is 2.32. The molecule has 0 aromatic carbocycles. The lowest BCUT2D eigenvalue weighted by Gasteiger charge is -2.45. The van der Waals surface area contributed by atoms with Crippen molar-refractivity contribution in [3.05, 3.63) is 0 Å². The topological polar surface area (TPSA) is 200 Å². The molecule has 1 amide bonds. The molecule has 1 rings (SSSR count). The number of carbonyl (C=O) groups is 3. The second-order valence-corrected chi connectivity index (χ2v) is 9.44. The summed E-state index contributed by atoms with van der Waals surface area (Å²) in [5, 5.41) is 52.0. The van der Waals surface area contributed by atoms with Crippen LogP contribution < -0.4 is 11.1 Å². The minimum absolute atomic E-state index is 0.0184. The Morgan fingerprint density at radius 2 is 1.62 bits per heavy atom. The summed E-state index contributed by atoms with van der Waals surface area (Å²) in [4.78, 5) is 35.6. The first kappa shape index (κ1) is 30.6. The van der Waals surface area contributed by atoms with Crippen molar-refractivity contribution in [2.45, 2.75) is 114 Å². The van der Waals surface area contributed by atoms with Crippen LogP contribution in [0.2, 0.25) is 0 Å². The number of ether oxygens (including phenoxy) is 1. The van der Waals surface area contributed by atoms with Gasteiger partial charge in [0.1, 0.15) is 30.2 Å². The van der Waals surface area contributed by atoms with Crippen molar-refractivity contribution >= 4 is 17.5 Å². The molecule has 1 aliphatic heterocycles. The van der Waals surface area contributed by atoms with Crippen molar-refractivity contribution in [3.63, 3.8) is 0 Å². The van der Waals surface area contributed by atoms with Gasteiger partial charge in [-0.2, -0.15) is 0 Å². The number of aliphatic hydroxyl groups is 5. The van der Waals surface area contributed by atoms with E-state index in [1.807, 2.05) is 0 Å². The van der Waals surface area contributed by atoms with Crippen LogP contribution in [-0.2, 0) is 19.1 Å². The fraction of sp³-hybridized carbons (Fsp3) is 0.870. The molecule has 0 radical (unpaired) electrons. The Kier molecular flexibility index (Phi) is 12.7. The molecule has 1 saturated heterocycles. The molecule has 0 saturated carbocycles. The first-order chi connectivity index (χ1) is 15.8. The molecule has 1 aliphatic rings. The summed E-state index contributed by atoms with van der Waals surface area (Å²) in [6.07, 6.45) is -2.10. The van der Waals surface area contributed by atoms with Crippen molar-refractivity contribution in [2.24, 2.45) is 11.7 Å². The lowest BCUT2D eigenvalue weighted by atomic mass is 9.89. The number of Topliss-reactive ketones (excluding diaryl/α,β-unsaturated/α-hetero) is 2. The number of amides is 1. The van der Waals surface area contributed by atoms with Gasteiger partial charge in [0, 0.05) is 18.8 Å². The highest BCUT2D eigenvalue weighted by Gasteiger charge is 2.51. The smallest absolute Gasteiger partial charge is 0.237 e. The van der Waals surface area contributed by atoms with E-state index >= 15 is 0 Å². The average Bonchev–Trinajstić information content (AvgIpc) is 2.79. The van der Waals surface area contributed by atoms with Crippen LogP contribution in [-0.4, -0.2) is 91.9 Å². The lowest BCUT2D eigenvalue weighted by Crippen LogP contribution is -2.65. The molecule has 1 heterocycles. The molecule has 34 heavy (non-hydrogen) atoms. The number of unbranched alkanes of at least 4 members (excludes halogenated alkanes) is 4. The molecule has 0 aromatic rings. The molecule has 0 aromatic heterocycles. The van der Waals surface area contributed by atoms with Crippen LogP contribution in [0.3, 0.4) is 0 Å². The maximum Gasteiger partial charge on any atom is 0.237 e. The Morgan fingerprint density at radius 3 is 2.21 bits per heavy atom. The fourth-order valence-corrected chi connectivity index (χ4v) is 3.85. The van der Waals surface area contributed by atoms with Crippen molar-refractivity contribution in [2.75, 3.05) is 6.61 Å². The van der Waals surface area contributed by atoms with Gasteiger partial charge in [-0.1, -0.05) is 32.6 Å². The van der Waals surface area contributed by atoms with Gasteiger partial charge in [-0.15, -0.1) is 0 Å². The van der Waals surface area contributed by atoms with E-state index in [0.29, 0.717) is 25.7 Å². The monoisotopic (exact) mass is 490 g/mol. The third-order valence-electron chi connectivity index (χ3n) is 6.48. The Morgan fingerprint density at radius 1 is 1.03 bits per heavy atom. The molecule has 11 heteroatoms. The summed E-state index contributed by atoms with van der Waals surface area (Å²) in [6, 6.07) is -1.47. The maximum absolute atomic E-state index is 12.2. The molecule has 198 valence electrons. The quantitative estimate of drug-likeness (QED) is 0.138. The Balaban J connectivity index is 2.27. The summed E-state index contributed by atoms with van der Waals surface area (Å²) >= 11 is 0. The maximum atomic E-state index is 12.2. The van der Waals surface area contributed by atoms with E-state index in [4.69, 9.17) is 10.5 Å². The second-order valence-electron chi connectivity index (χ2n) is 9.44. The highest BCUT2D eigenvalue weighted by atomic mass is 16.7. The summed E-state index contributed by atoms with van der Waals surface area (Å²) in [5.74, 6) is -3.15. The second kappa shape index (κ2) is 14.2. The summed E-state index contributed by atoms with van der Waals surface area (Å²) in [5.41, 5.74) is 5.92. The molecular weight excluding hydrogens is 448 g/mol. The third kappa shape index (κ3) is 8.95. The number of ketones is 2. The van der Waals surface area contributed by atoms with Gasteiger partial charge in [-0.3, -0.25) is 14.4 Å². The van der Waals surface area contributed by atoms with Crippen LogP contribution in [0.4, 0.5) is 0 Å². The zero-order valence-electron chi connectivity index (χ0n) is 20.4. The highest BCUT2D eigenvalue weighted by molar-refractivity contribution is 5.93. The Hall–Kier alpha value is -1.47. The third-order valence-corrected chi connectivity index (χ3v) is 6.48. The van der Waals surface area contributed by atoms with Crippen LogP contribution in [0.1, 0.15) is 72.1 Å². The molecule has 8 N–H and O–H groups in total. The number of hydrogen-bond donors (Lipinski definition) is 7. The molecular formula is C23H42N2O9. The molecule has 11 nitrogen and oxygen atoms in total. The van der Waals surface area contributed by atoms with E-state index in [1.54, 1.807) is 13.8 Å². The van der Waals surface area contributed by atoms with E-state index in [0.717, 1.165) is 12.8 Å². The minimum Gasteiger partial charge on any atom is -0.394 e. The van der Waals surface area contributed by atoms with Gasteiger partial charge in [0.2, 0.25) is 5.91 Å². The van der Waals surface area contributed by atoms with Gasteiger partial charge >= 0.3 is 0 Å². The lowest BCUT2D eigenvalue weighted by molar-refractivity contribution is -0.351. The van der Waals surface area contributed by atoms with Gasteiger partial charge in [0.05, 0.1) is 18.7 Å². The number of hydrogen-bond acceptors (Lipinski definition) is 10. The van der Waals surface area contributed by atoms with Gasteiger partial charge in [-0.05, 0) is 26.7 Å². The first-order valence-corrected chi connectivity index (χ1v) is 12.0. The van der Waals surface area contributed by atoms with Crippen molar-refractivity contribution in [1.82, 2.24) is 5.32 Å². The molecule has 0 unspecified atom stereocenters. The van der Waals surface area contributed by atoms with Crippen LogP contribution in [0.5, 0.6) is 0 Å². The van der Waals surface area contributed by atoms with Crippen molar-refractivity contribution in [1.29, 1.82) is 0 Å². The van der Waals surface area contributed by atoms with Crippen LogP contribution >= 0.6 is 0 Å². The predicted molar refractivity (Wildman–Crippen MR) is 122 cm³/mol. The molecule has 1 fully saturated rings. The van der Waals surface area contributed by atoms with Crippen LogP contribution in [0.25, 0.3) is 0 Å². The number of nitrogens with one attached hydrogen (secondary N) is 1. The summed E-state index contributed by atoms with van der Waals surface area (Å²) in [7, 11) is 0.